The van der Waals surface area contributed by atoms with Crippen LogP contribution in [-0.2, 0) is 16.2 Å². The number of hydrogen-bond donors (Lipinski definition) is 3. The number of nitrogens with zero attached hydrogens (tertiary/aromatic N) is 2. The molecule has 0 fully saturated rings. The molecule has 2 amide bonds. The van der Waals surface area contributed by atoms with Gasteiger partial charge in [0.15, 0.2) is 10.7 Å². The van der Waals surface area contributed by atoms with Gasteiger partial charge in [0, 0.05) is 28.4 Å². The summed E-state index contributed by atoms with van der Waals surface area (Å²) in [5.41, 5.74) is 1.63. The summed E-state index contributed by atoms with van der Waals surface area (Å²) in [6, 6.07) is 13.5. The van der Waals surface area contributed by atoms with Crippen molar-refractivity contribution in [1.82, 2.24) is 9.97 Å². The van der Waals surface area contributed by atoms with Crippen molar-refractivity contribution in [2.45, 2.75) is 22.0 Å². The highest BCUT2D eigenvalue weighted by atomic mass is 32.2. The van der Waals surface area contributed by atoms with Crippen LogP contribution >= 0.6 is 11.8 Å². The zero-order chi connectivity index (χ0) is 21.1. The number of carbonyl (C=O) groups excluding carboxylic acids is 2. The van der Waals surface area contributed by atoms with E-state index in [1.807, 2.05) is 13.0 Å². The molecule has 30 heavy (non-hydrogen) atoms. The summed E-state index contributed by atoms with van der Waals surface area (Å²) < 4.78 is 15.1. The quantitative estimate of drug-likeness (QED) is 0.522. The topological polar surface area (TPSA) is 119 Å². The number of anilines is 3. The second kappa shape index (κ2) is 8.74. The smallest absolute Gasteiger partial charge is 0.255 e. The number of carbonyl (C=O) groups is 2. The summed E-state index contributed by atoms with van der Waals surface area (Å²) in [4.78, 5) is 33.7. The monoisotopic (exact) mass is 439 g/mol. The lowest BCUT2D eigenvalue weighted by atomic mass is 10.1. The van der Waals surface area contributed by atoms with Crippen LogP contribution in [0.2, 0.25) is 0 Å². The van der Waals surface area contributed by atoms with E-state index in [1.165, 1.54) is 18.1 Å². The highest BCUT2D eigenvalue weighted by Gasteiger charge is 2.23. The van der Waals surface area contributed by atoms with E-state index in [0.717, 1.165) is 4.90 Å². The molecule has 3 N–H and O–H groups in total. The average Bonchev–Trinajstić information content (AvgIpc) is 2.75. The van der Waals surface area contributed by atoms with Crippen molar-refractivity contribution in [3.05, 3.63) is 66.6 Å². The van der Waals surface area contributed by atoms with E-state index < -0.39 is 11.4 Å². The minimum absolute atomic E-state index is 0.0794. The highest BCUT2D eigenvalue weighted by molar-refractivity contribution is 8.01. The van der Waals surface area contributed by atoms with Crippen molar-refractivity contribution < 1.29 is 14.1 Å². The van der Waals surface area contributed by atoms with E-state index in [1.54, 1.807) is 48.7 Å². The Morgan fingerprint density at radius 1 is 1.20 bits per heavy atom. The van der Waals surface area contributed by atoms with Gasteiger partial charge in [-0.2, -0.15) is 4.72 Å². The van der Waals surface area contributed by atoms with Gasteiger partial charge in [0.25, 0.3) is 5.91 Å². The van der Waals surface area contributed by atoms with Crippen LogP contribution in [0.3, 0.4) is 0 Å². The molecule has 0 spiro atoms. The predicted octanol–water partition coefficient (Wildman–Crippen LogP) is 3.30. The highest BCUT2D eigenvalue weighted by Crippen LogP contribution is 2.36. The summed E-state index contributed by atoms with van der Waals surface area (Å²) >= 11 is -0.0322. The van der Waals surface area contributed by atoms with Crippen molar-refractivity contribution in [1.29, 1.82) is 0 Å². The van der Waals surface area contributed by atoms with Crippen LogP contribution in [0, 0.1) is 0 Å². The van der Waals surface area contributed by atoms with Gasteiger partial charge in [-0.15, -0.1) is 11.8 Å². The molecule has 10 heteroatoms. The Hall–Kier alpha value is -3.08. The van der Waals surface area contributed by atoms with Crippen LogP contribution in [0.25, 0.3) is 0 Å². The summed E-state index contributed by atoms with van der Waals surface area (Å²) in [7, 11) is 0. The molecule has 0 bridgehead atoms. The van der Waals surface area contributed by atoms with Crippen LogP contribution in [-0.4, -0.2) is 31.6 Å². The molecule has 0 aliphatic carbocycles. The first-order chi connectivity index (χ1) is 14.5. The van der Waals surface area contributed by atoms with Crippen LogP contribution in [0.15, 0.2) is 70.8 Å². The Bertz CT molecular complexity index is 1080. The molecule has 0 radical (unpaired) electrons. The molecular weight excluding hydrogens is 422 g/mol. The Morgan fingerprint density at radius 3 is 2.73 bits per heavy atom. The van der Waals surface area contributed by atoms with E-state index >= 15 is 0 Å². The van der Waals surface area contributed by atoms with Crippen molar-refractivity contribution >= 4 is 52.1 Å². The van der Waals surface area contributed by atoms with E-state index in [-0.39, 0.29) is 17.1 Å². The van der Waals surface area contributed by atoms with Gasteiger partial charge < -0.3 is 15.2 Å². The normalized spacial score (nSPS) is 16.2. The van der Waals surface area contributed by atoms with Gasteiger partial charge in [-0.05, 0) is 49.4 Å². The number of thioether (sulfide) groups is 1. The van der Waals surface area contributed by atoms with Crippen LogP contribution in [0.5, 0.6) is 0 Å². The van der Waals surface area contributed by atoms with Crippen LogP contribution in [0.1, 0.15) is 17.3 Å². The molecular formula is C20H17N5O3S2. The Labute approximate surface area is 180 Å². The Morgan fingerprint density at radius 2 is 2.00 bits per heavy atom. The maximum Gasteiger partial charge on any atom is 0.255 e. The summed E-state index contributed by atoms with van der Waals surface area (Å²) in [5.74, 6) is 0.0700. The standard InChI is InChI=1S/C20H17N5O3S2/c1-12-19(26)24-16-10-13(2-7-17(16)29-12)20(27)23-14-3-5-15(6-4-14)30(28)25-18-8-9-21-11-22-18/h2-12H,1H3,(H,23,27)(H,24,26)(H,21,22,25). The van der Waals surface area contributed by atoms with E-state index in [2.05, 4.69) is 25.3 Å². The lowest BCUT2D eigenvalue weighted by Crippen LogP contribution is -2.26. The zero-order valence-corrected chi connectivity index (χ0v) is 17.4. The molecule has 1 aromatic heterocycles. The molecule has 3 aromatic rings. The number of aromatic nitrogens is 2. The van der Waals surface area contributed by atoms with Crippen molar-refractivity contribution in [2.75, 3.05) is 15.4 Å². The van der Waals surface area contributed by atoms with Crippen molar-refractivity contribution in [2.24, 2.45) is 0 Å². The third kappa shape index (κ3) is 4.56. The van der Waals surface area contributed by atoms with Gasteiger partial charge in [-0.25, -0.2) is 9.97 Å². The lowest BCUT2D eigenvalue weighted by Gasteiger charge is -2.21. The van der Waals surface area contributed by atoms with E-state index in [4.69, 9.17) is 0 Å². The number of amides is 2. The fraction of sp³-hybridized carbons (Fsp3) is 0.100. The number of fused-ring (bicyclic) bond motifs is 1. The SMILES string of the molecule is CC1Sc2ccc(C(=O)Nc3ccc([S+]([O-])Nc4ccncn4)cc3)cc2NC1=O. The van der Waals surface area contributed by atoms with Gasteiger partial charge in [0.05, 0.1) is 10.9 Å². The Kier molecular flexibility index (Phi) is 5.88. The average molecular weight is 440 g/mol. The fourth-order valence-corrected chi connectivity index (χ4v) is 4.46. The number of hydrogen-bond acceptors (Lipinski definition) is 7. The van der Waals surface area contributed by atoms with Gasteiger partial charge in [0.2, 0.25) is 5.91 Å². The molecule has 1 aliphatic heterocycles. The minimum atomic E-state index is -1.49. The molecule has 0 saturated carbocycles. The minimum Gasteiger partial charge on any atom is -0.588 e. The first-order valence-corrected chi connectivity index (χ1v) is 11.0. The number of rotatable bonds is 5. The third-order valence-corrected chi connectivity index (χ3v) is 6.55. The molecule has 8 nitrogen and oxygen atoms in total. The third-order valence-electron chi connectivity index (χ3n) is 4.28. The summed E-state index contributed by atoms with van der Waals surface area (Å²) in [5, 5.41) is 5.46. The first-order valence-electron chi connectivity index (χ1n) is 8.97. The van der Waals surface area contributed by atoms with E-state index in [0.29, 0.717) is 27.7 Å². The predicted molar refractivity (Wildman–Crippen MR) is 117 cm³/mol. The molecule has 4 rings (SSSR count). The summed E-state index contributed by atoms with van der Waals surface area (Å²) in [6.45, 7) is 1.84. The van der Waals surface area contributed by atoms with Gasteiger partial charge in [-0.3, -0.25) is 9.59 Å². The van der Waals surface area contributed by atoms with Crippen LogP contribution < -0.4 is 15.4 Å². The van der Waals surface area contributed by atoms with Gasteiger partial charge in [-0.1, -0.05) is 0 Å². The van der Waals surface area contributed by atoms with Gasteiger partial charge >= 0.3 is 0 Å². The van der Waals surface area contributed by atoms with E-state index in [9.17, 15) is 14.1 Å². The molecule has 0 saturated heterocycles. The molecule has 152 valence electrons. The number of benzene rings is 2. The first kappa shape index (κ1) is 20.2. The molecule has 2 aromatic carbocycles. The maximum atomic E-state index is 12.6. The Balaban J connectivity index is 1.41. The second-order valence-electron chi connectivity index (χ2n) is 6.40. The molecule has 2 unspecified atom stereocenters. The lowest BCUT2D eigenvalue weighted by molar-refractivity contribution is -0.115. The van der Waals surface area contributed by atoms with Crippen molar-refractivity contribution in [3.8, 4) is 0 Å². The second-order valence-corrected chi connectivity index (χ2v) is 9.00. The van der Waals surface area contributed by atoms with Crippen molar-refractivity contribution in [3.63, 3.8) is 0 Å². The molecule has 2 atom stereocenters. The largest absolute Gasteiger partial charge is 0.588 e. The van der Waals surface area contributed by atoms with Gasteiger partial charge in [0.1, 0.15) is 17.7 Å². The molecule has 2 heterocycles. The number of nitrogens with one attached hydrogen (secondary N) is 3. The molecule has 1 aliphatic rings. The maximum absolute atomic E-state index is 12.6. The zero-order valence-electron chi connectivity index (χ0n) is 15.8. The fourth-order valence-electron chi connectivity index (χ4n) is 2.72. The summed E-state index contributed by atoms with van der Waals surface area (Å²) in [6.07, 6.45) is 2.92. The van der Waals surface area contributed by atoms with Crippen LogP contribution in [0.4, 0.5) is 17.2 Å².